The second-order valence-electron chi connectivity index (χ2n) is 7.82. The lowest BCUT2D eigenvalue weighted by Crippen LogP contribution is -2.34. The van der Waals surface area contributed by atoms with Crippen LogP contribution in [-0.4, -0.2) is 23.3 Å². The first-order valence-electron chi connectivity index (χ1n) is 10.3. The minimum atomic E-state index is -1.04. The van der Waals surface area contributed by atoms with E-state index in [2.05, 4.69) is 5.32 Å². The largest absolute Gasteiger partial charge is 0.350 e. The number of carbonyl (C=O) groups excluding carboxylic acids is 2. The second kappa shape index (κ2) is 8.75. The maximum Gasteiger partial charge on any atom is 0.278 e. The number of hydrogen-bond acceptors (Lipinski definition) is 3. The van der Waals surface area contributed by atoms with Gasteiger partial charge in [0.1, 0.15) is 5.70 Å². The molecule has 2 amide bonds. The van der Waals surface area contributed by atoms with Crippen LogP contribution < -0.4 is 5.32 Å². The van der Waals surface area contributed by atoms with E-state index in [0.717, 1.165) is 28.8 Å². The Morgan fingerprint density at radius 1 is 0.844 bits per heavy atom. The second-order valence-corrected chi connectivity index (χ2v) is 7.82. The number of carbonyl (C=O) groups is 2. The molecule has 0 radical (unpaired) electrons. The van der Waals surface area contributed by atoms with Crippen molar-refractivity contribution in [2.75, 3.05) is 11.9 Å². The number of aryl methyl sites for hydroxylation is 2. The molecule has 1 aliphatic rings. The summed E-state index contributed by atoms with van der Waals surface area (Å²) in [7, 11) is 0. The van der Waals surface area contributed by atoms with Crippen LogP contribution in [0.15, 0.2) is 72.4 Å². The molecule has 0 unspecified atom stereocenters. The molecule has 0 saturated carbocycles. The minimum absolute atomic E-state index is 0.0565. The third kappa shape index (κ3) is 4.17. The molecule has 0 aromatic heterocycles. The molecule has 1 N–H and O–H groups in total. The SMILES string of the molecule is Cc1ccc(C2=C(Nc3ccc(F)c(F)c3)C(=O)N(CCc3ccccc3)C2=O)c(C)c1. The van der Waals surface area contributed by atoms with E-state index >= 15 is 0 Å². The van der Waals surface area contributed by atoms with Gasteiger partial charge in [0.2, 0.25) is 0 Å². The maximum absolute atomic E-state index is 13.7. The first kappa shape index (κ1) is 21.4. The number of benzene rings is 3. The fraction of sp³-hybridized carbons (Fsp3) is 0.154. The lowest BCUT2D eigenvalue weighted by Gasteiger charge is -2.15. The molecule has 0 aliphatic carbocycles. The van der Waals surface area contributed by atoms with Crippen LogP contribution in [0.2, 0.25) is 0 Å². The van der Waals surface area contributed by atoms with Crippen LogP contribution >= 0.6 is 0 Å². The van der Waals surface area contributed by atoms with Crippen molar-refractivity contribution in [2.45, 2.75) is 20.3 Å². The highest BCUT2D eigenvalue weighted by Crippen LogP contribution is 2.33. The number of anilines is 1. The molecule has 6 heteroatoms. The van der Waals surface area contributed by atoms with Gasteiger partial charge >= 0.3 is 0 Å². The zero-order valence-electron chi connectivity index (χ0n) is 17.8. The maximum atomic E-state index is 13.7. The molecule has 3 aromatic rings. The van der Waals surface area contributed by atoms with E-state index < -0.39 is 23.4 Å². The number of rotatable bonds is 6. The summed E-state index contributed by atoms with van der Waals surface area (Å²) in [4.78, 5) is 27.8. The van der Waals surface area contributed by atoms with Gasteiger partial charge in [0.15, 0.2) is 11.6 Å². The summed E-state index contributed by atoms with van der Waals surface area (Å²) in [6.45, 7) is 4.02. The van der Waals surface area contributed by atoms with Gasteiger partial charge in [0, 0.05) is 18.3 Å². The van der Waals surface area contributed by atoms with Crippen LogP contribution in [0.5, 0.6) is 0 Å². The molecule has 162 valence electrons. The monoisotopic (exact) mass is 432 g/mol. The van der Waals surface area contributed by atoms with Crippen molar-refractivity contribution in [3.05, 3.63) is 106 Å². The molecule has 1 heterocycles. The summed E-state index contributed by atoms with van der Waals surface area (Å²) in [5, 5.41) is 2.87. The minimum Gasteiger partial charge on any atom is -0.350 e. The number of hydrogen-bond donors (Lipinski definition) is 1. The van der Waals surface area contributed by atoms with Crippen molar-refractivity contribution in [1.82, 2.24) is 4.90 Å². The van der Waals surface area contributed by atoms with Crippen LogP contribution in [0.3, 0.4) is 0 Å². The van der Waals surface area contributed by atoms with Crippen molar-refractivity contribution in [3.8, 4) is 0 Å². The van der Waals surface area contributed by atoms with E-state index in [-0.39, 0.29) is 23.5 Å². The molecule has 4 nitrogen and oxygen atoms in total. The van der Waals surface area contributed by atoms with E-state index in [4.69, 9.17) is 0 Å². The molecule has 4 rings (SSSR count). The Morgan fingerprint density at radius 2 is 1.59 bits per heavy atom. The van der Waals surface area contributed by atoms with Crippen LogP contribution in [0.25, 0.3) is 5.57 Å². The average Bonchev–Trinajstić information content (AvgIpc) is 2.99. The molecule has 0 saturated heterocycles. The van der Waals surface area contributed by atoms with E-state index in [0.29, 0.717) is 12.0 Å². The Morgan fingerprint density at radius 3 is 2.28 bits per heavy atom. The zero-order chi connectivity index (χ0) is 22.8. The van der Waals surface area contributed by atoms with Gasteiger partial charge in [0.25, 0.3) is 11.8 Å². The highest BCUT2D eigenvalue weighted by Gasteiger charge is 2.39. The molecule has 0 atom stereocenters. The summed E-state index contributed by atoms with van der Waals surface area (Å²) in [5.41, 5.74) is 3.97. The Hall–Kier alpha value is -3.80. The van der Waals surface area contributed by atoms with Crippen LogP contribution in [0, 0.1) is 25.5 Å². The van der Waals surface area contributed by atoms with Gasteiger partial charge < -0.3 is 5.32 Å². The fourth-order valence-corrected chi connectivity index (χ4v) is 3.84. The Labute approximate surface area is 185 Å². The fourth-order valence-electron chi connectivity index (χ4n) is 3.84. The Kier molecular flexibility index (Phi) is 5.86. The summed E-state index contributed by atoms with van der Waals surface area (Å²) >= 11 is 0. The molecule has 3 aromatic carbocycles. The summed E-state index contributed by atoms with van der Waals surface area (Å²) in [6.07, 6.45) is 0.511. The van der Waals surface area contributed by atoms with Gasteiger partial charge in [-0.3, -0.25) is 14.5 Å². The summed E-state index contributed by atoms with van der Waals surface area (Å²) < 4.78 is 27.1. The van der Waals surface area contributed by atoms with Gasteiger partial charge in [-0.15, -0.1) is 0 Å². The lowest BCUT2D eigenvalue weighted by molar-refractivity contribution is -0.136. The van der Waals surface area contributed by atoms with Gasteiger partial charge in [-0.05, 0) is 49.1 Å². The van der Waals surface area contributed by atoms with Gasteiger partial charge in [-0.25, -0.2) is 8.78 Å². The molecule has 0 bridgehead atoms. The molecular weight excluding hydrogens is 410 g/mol. The van der Waals surface area contributed by atoms with Crippen molar-refractivity contribution in [2.24, 2.45) is 0 Å². The third-order valence-electron chi connectivity index (χ3n) is 5.48. The van der Waals surface area contributed by atoms with Crippen LogP contribution in [0.4, 0.5) is 14.5 Å². The van der Waals surface area contributed by atoms with E-state index in [1.165, 1.54) is 11.0 Å². The first-order valence-corrected chi connectivity index (χ1v) is 10.3. The quantitative estimate of drug-likeness (QED) is 0.557. The number of halogens is 2. The number of amides is 2. The van der Waals surface area contributed by atoms with Gasteiger partial charge in [-0.1, -0.05) is 54.1 Å². The van der Waals surface area contributed by atoms with Crippen molar-refractivity contribution in [1.29, 1.82) is 0 Å². The summed E-state index contributed by atoms with van der Waals surface area (Å²) in [5.74, 6) is -2.94. The van der Waals surface area contributed by atoms with Crippen molar-refractivity contribution in [3.63, 3.8) is 0 Å². The Balaban J connectivity index is 1.72. The first-order chi connectivity index (χ1) is 15.3. The van der Waals surface area contributed by atoms with Crippen molar-refractivity contribution >= 4 is 23.1 Å². The third-order valence-corrected chi connectivity index (χ3v) is 5.48. The van der Waals surface area contributed by atoms with Gasteiger partial charge in [0.05, 0.1) is 5.57 Å². The van der Waals surface area contributed by atoms with Gasteiger partial charge in [-0.2, -0.15) is 0 Å². The van der Waals surface area contributed by atoms with E-state index in [1.807, 2.05) is 56.3 Å². The van der Waals surface area contributed by atoms with Crippen molar-refractivity contribution < 1.29 is 18.4 Å². The highest BCUT2D eigenvalue weighted by molar-refractivity contribution is 6.36. The number of imide groups is 1. The topological polar surface area (TPSA) is 49.4 Å². The van der Waals surface area contributed by atoms with Crippen LogP contribution in [-0.2, 0) is 16.0 Å². The van der Waals surface area contributed by atoms with Crippen LogP contribution in [0.1, 0.15) is 22.3 Å². The molecule has 1 aliphatic heterocycles. The molecule has 0 fully saturated rings. The predicted octanol–water partition coefficient (Wildman–Crippen LogP) is 5.02. The molecule has 32 heavy (non-hydrogen) atoms. The molecular formula is C26H22F2N2O2. The average molecular weight is 432 g/mol. The lowest BCUT2D eigenvalue weighted by atomic mass is 9.97. The smallest absolute Gasteiger partial charge is 0.278 e. The number of nitrogens with one attached hydrogen (secondary N) is 1. The normalized spacial score (nSPS) is 13.8. The highest BCUT2D eigenvalue weighted by atomic mass is 19.2. The van der Waals surface area contributed by atoms with E-state index in [1.54, 1.807) is 6.07 Å². The molecule has 0 spiro atoms. The summed E-state index contributed by atoms with van der Waals surface area (Å²) in [6, 6.07) is 18.4. The standard InChI is InChI=1S/C26H22F2N2O2/c1-16-8-10-20(17(2)14-16)23-24(29-19-9-11-21(27)22(28)15-19)26(32)30(25(23)31)13-12-18-6-4-3-5-7-18/h3-11,14-15,29H,12-13H2,1-2H3. The Bertz CT molecular complexity index is 1240. The zero-order valence-corrected chi connectivity index (χ0v) is 17.8. The number of nitrogens with zero attached hydrogens (tertiary/aromatic N) is 1. The van der Waals surface area contributed by atoms with E-state index in [9.17, 15) is 18.4 Å². The predicted molar refractivity (Wildman–Crippen MR) is 120 cm³/mol.